The number of hydroxylamine groups is 2. The third kappa shape index (κ3) is 5.81. The smallest absolute Gasteiger partial charge is 0.328 e. The van der Waals surface area contributed by atoms with Crippen LogP contribution in [0.25, 0.3) is 0 Å². The Labute approximate surface area is 176 Å². The first-order valence-corrected chi connectivity index (χ1v) is 9.48. The van der Waals surface area contributed by atoms with Crippen LogP contribution in [0.4, 0.5) is 0 Å². The van der Waals surface area contributed by atoms with Crippen LogP contribution in [0.15, 0.2) is 24.3 Å². The summed E-state index contributed by atoms with van der Waals surface area (Å²) in [6.07, 6.45) is 4.02. The van der Waals surface area contributed by atoms with Gasteiger partial charge in [0.15, 0.2) is 0 Å². The van der Waals surface area contributed by atoms with Crippen molar-refractivity contribution < 1.29 is 43.5 Å². The number of hydrogen-bond acceptors (Lipinski definition) is 10. The molecule has 3 aliphatic rings. The van der Waals surface area contributed by atoms with Gasteiger partial charge in [-0.1, -0.05) is 0 Å². The number of carbonyl (C=O) groups is 6. The fraction of sp³-hybridized carbons (Fsp3) is 0.444. The van der Waals surface area contributed by atoms with Gasteiger partial charge in [-0.05, 0) is 0 Å². The number of hydrogen-bond donors (Lipinski definition) is 0. The summed E-state index contributed by atoms with van der Waals surface area (Å²) in [5.41, 5.74) is 0. The summed E-state index contributed by atoms with van der Waals surface area (Å²) in [6.45, 7) is 0.259. The Bertz CT molecular complexity index is 765. The van der Waals surface area contributed by atoms with E-state index in [1.54, 1.807) is 0 Å². The molecule has 0 radical (unpaired) electrons. The molecule has 13 heteroatoms. The van der Waals surface area contributed by atoms with E-state index in [9.17, 15) is 28.8 Å². The average molecular weight is 436 g/mol. The van der Waals surface area contributed by atoms with Crippen LogP contribution in [0, 0.1) is 0 Å². The minimum absolute atomic E-state index is 0.0280. The van der Waals surface area contributed by atoms with Crippen molar-refractivity contribution >= 4 is 35.5 Å². The van der Waals surface area contributed by atoms with Crippen molar-refractivity contribution in [2.75, 3.05) is 39.3 Å². The second-order valence-electron chi connectivity index (χ2n) is 6.62. The summed E-state index contributed by atoms with van der Waals surface area (Å²) in [5, 5.41) is 0.847. The van der Waals surface area contributed by atoms with Gasteiger partial charge in [-0.25, -0.2) is 4.89 Å². The third-order valence-electron chi connectivity index (χ3n) is 4.58. The van der Waals surface area contributed by atoms with Crippen molar-refractivity contribution in [3.05, 3.63) is 24.3 Å². The Kier molecular flexibility index (Phi) is 7.23. The van der Waals surface area contributed by atoms with Crippen LogP contribution in [0.5, 0.6) is 0 Å². The second kappa shape index (κ2) is 10.1. The van der Waals surface area contributed by atoms with E-state index in [1.165, 1.54) is 4.90 Å². The molecular formula is C18H20N4O9. The SMILES string of the molecule is O=C(CCC(=O)N(CCN1C(=O)C=CC1=O)CCN1C(=O)C=CC1=O)ON1CCOO1. The van der Waals surface area contributed by atoms with Gasteiger partial charge in [0.2, 0.25) is 5.91 Å². The topological polar surface area (TPSA) is 143 Å². The van der Waals surface area contributed by atoms with E-state index in [-0.39, 0.29) is 52.2 Å². The molecule has 1 fully saturated rings. The molecule has 13 nitrogen and oxygen atoms in total. The van der Waals surface area contributed by atoms with Crippen LogP contribution in [-0.4, -0.2) is 94.8 Å². The summed E-state index contributed by atoms with van der Waals surface area (Å²) >= 11 is 0. The molecule has 1 saturated heterocycles. The van der Waals surface area contributed by atoms with Gasteiger partial charge in [0, 0.05) is 62.1 Å². The first kappa shape index (κ1) is 22.3. The average Bonchev–Trinajstić information content (AvgIpc) is 3.44. The Hall–Kier alpha value is -3.42. The highest BCUT2D eigenvalue weighted by atomic mass is 17.3. The number of carbonyl (C=O) groups excluding carboxylic acids is 6. The maximum atomic E-state index is 12.7. The van der Waals surface area contributed by atoms with Crippen molar-refractivity contribution in [2.45, 2.75) is 12.8 Å². The predicted octanol–water partition coefficient (Wildman–Crippen LogP) is -1.92. The number of rotatable bonds is 10. The van der Waals surface area contributed by atoms with E-state index in [0.29, 0.717) is 0 Å². The molecule has 0 spiro atoms. The minimum Gasteiger partial charge on any atom is -0.340 e. The van der Waals surface area contributed by atoms with E-state index in [4.69, 9.17) is 4.84 Å². The van der Waals surface area contributed by atoms with Gasteiger partial charge >= 0.3 is 5.97 Å². The van der Waals surface area contributed by atoms with E-state index < -0.39 is 35.5 Å². The lowest BCUT2D eigenvalue weighted by Crippen LogP contribution is -2.45. The lowest BCUT2D eigenvalue weighted by Gasteiger charge is -2.26. The van der Waals surface area contributed by atoms with Crippen molar-refractivity contribution in [1.29, 1.82) is 0 Å². The molecule has 5 amide bonds. The molecule has 0 atom stereocenters. The molecule has 0 aromatic heterocycles. The Morgan fingerprint density at radius 1 is 0.871 bits per heavy atom. The third-order valence-corrected chi connectivity index (χ3v) is 4.58. The first-order chi connectivity index (χ1) is 14.8. The molecule has 0 bridgehead atoms. The molecule has 3 rings (SSSR count). The summed E-state index contributed by atoms with van der Waals surface area (Å²) in [4.78, 5) is 88.6. The van der Waals surface area contributed by atoms with E-state index in [2.05, 4.69) is 9.88 Å². The van der Waals surface area contributed by atoms with Gasteiger partial charge in [0.1, 0.15) is 6.61 Å². The number of imide groups is 2. The maximum absolute atomic E-state index is 12.7. The van der Waals surface area contributed by atoms with Crippen LogP contribution >= 0.6 is 0 Å². The van der Waals surface area contributed by atoms with Crippen molar-refractivity contribution in [1.82, 2.24) is 19.9 Å². The second-order valence-corrected chi connectivity index (χ2v) is 6.62. The van der Waals surface area contributed by atoms with Crippen LogP contribution < -0.4 is 0 Å². The number of amides is 5. The fourth-order valence-electron chi connectivity index (χ4n) is 2.94. The van der Waals surface area contributed by atoms with Crippen molar-refractivity contribution in [2.24, 2.45) is 0 Å². The van der Waals surface area contributed by atoms with Gasteiger partial charge in [-0.3, -0.25) is 38.6 Å². The molecule has 0 saturated carbocycles. The predicted molar refractivity (Wildman–Crippen MR) is 97.4 cm³/mol. The molecule has 31 heavy (non-hydrogen) atoms. The molecular weight excluding hydrogens is 416 g/mol. The number of nitrogens with zero attached hydrogens (tertiary/aromatic N) is 4. The van der Waals surface area contributed by atoms with E-state index in [0.717, 1.165) is 39.3 Å². The molecule has 3 aliphatic heterocycles. The summed E-state index contributed by atoms with van der Waals surface area (Å²) in [6, 6.07) is 0. The standard InChI is InChI=1S/C18H20N4O9/c23-13(5-6-18(28)30-22-11-12-29-31-22)19(7-9-20-14(24)1-2-15(20)25)8-10-21-16(26)3-4-17(21)27/h1-4H,5-12H2. The van der Waals surface area contributed by atoms with Crippen LogP contribution in [-0.2, 0) is 43.5 Å². The van der Waals surface area contributed by atoms with Crippen molar-refractivity contribution in [3.8, 4) is 0 Å². The van der Waals surface area contributed by atoms with E-state index in [1.807, 2.05) is 0 Å². The molecule has 0 aliphatic carbocycles. The monoisotopic (exact) mass is 436 g/mol. The summed E-state index contributed by atoms with van der Waals surface area (Å²) < 4.78 is 0. The maximum Gasteiger partial charge on any atom is 0.328 e. The molecule has 0 aromatic carbocycles. The van der Waals surface area contributed by atoms with E-state index >= 15 is 0 Å². The zero-order valence-electron chi connectivity index (χ0n) is 16.4. The Morgan fingerprint density at radius 2 is 1.39 bits per heavy atom. The fourth-order valence-corrected chi connectivity index (χ4v) is 2.94. The lowest BCUT2D eigenvalue weighted by molar-refractivity contribution is -0.457. The lowest BCUT2D eigenvalue weighted by atomic mass is 10.2. The van der Waals surface area contributed by atoms with Crippen molar-refractivity contribution in [3.63, 3.8) is 0 Å². The van der Waals surface area contributed by atoms with Gasteiger partial charge in [-0.15, -0.1) is 4.99 Å². The van der Waals surface area contributed by atoms with Crippen LogP contribution in [0.1, 0.15) is 12.8 Å². The molecule has 0 N–H and O–H groups in total. The quantitative estimate of drug-likeness (QED) is 0.281. The van der Waals surface area contributed by atoms with Crippen LogP contribution in [0.2, 0.25) is 0 Å². The van der Waals surface area contributed by atoms with Gasteiger partial charge in [0.25, 0.3) is 23.6 Å². The minimum atomic E-state index is -0.720. The van der Waals surface area contributed by atoms with Gasteiger partial charge in [-0.2, -0.15) is 0 Å². The normalized spacial score (nSPS) is 18.6. The van der Waals surface area contributed by atoms with Gasteiger partial charge in [0.05, 0.1) is 13.0 Å². The highest BCUT2D eigenvalue weighted by molar-refractivity contribution is 6.13. The Balaban J connectivity index is 1.54. The first-order valence-electron chi connectivity index (χ1n) is 9.48. The molecule has 3 heterocycles. The zero-order valence-corrected chi connectivity index (χ0v) is 16.4. The molecule has 0 aromatic rings. The zero-order chi connectivity index (χ0) is 22.4. The van der Waals surface area contributed by atoms with Crippen LogP contribution in [0.3, 0.4) is 0 Å². The Morgan fingerprint density at radius 3 is 1.84 bits per heavy atom. The molecule has 166 valence electrons. The highest BCUT2D eigenvalue weighted by Crippen LogP contribution is 2.09. The summed E-state index contributed by atoms with van der Waals surface area (Å²) in [7, 11) is 0. The largest absolute Gasteiger partial charge is 0.340 e. The molecule has 0 unspecified atom stereocenters. The summed E-state index contributed by atoms with van der Waals surface area (Å²) in [5.74, 6) is -3.19. The van der Waals surface area contributed by atoms with Gasteiger partial charge < -0.3 is 9.74 Å². The highest BCUT2D eigenvalue weighted by Gasteiger charge is 2.28.